The van der Waals surface area contributed by atoms with Gasteiger partial charge in [-0.1, -0.05) is 0 Å². The number of hydrogen-bond acceptors (Lipinski definition) is 5. The lowest BCUT2D eigenvalue weighted by atomic mass is 10.0. The van der Waals surface area contributed by atoms with Crippen molar-refractivity contribution in [2.24, 2.45) is 0 Å². The molecular formula is C18H25N3O2S. The molecule has 1 aromatic rings. The van der Waals surface area contributed by atoms with Gasteiger partial charge in [-0.2, -0.15) is 5.26 Å². The SMILES string of the molecule is CC1CN(C(C)C(=O)Nc2sc3c(c2C#N)CCC3)CC(C)(C)O1. The highest BCUT2D eigenvalue weighted by Crippen LogP contribution is 2.38. The van der Waals surface area contributed by atoms with Crippen molar-refractivity contribution in [3.05, 3.63) is 16.0 Å². The zero-order chi connectivity index (χ0) is 17.5. The minimum atomic E-state index is -0.256. The molecule has 0 saturated carbocycles. The van der Waals surface area contributed by atoms with Gasteiger partial charge in [0.15, 0.2) is 0 Å². The summed E-state index contributed by atoms with van der Waals surface area (Å²) in [7, 11) is 0. The fourth-order valence-corrected chi connectivity index (χ4v) is 5.03. The van der Waals surface area contributed by atoms with Crippen LogP contribution in [0.15, 0.2) is 0 Å². The van der Waals surface area contributed by atoms with Crippen LogP contribution in [0.4, 0.5) is 5.00 Å². The number of nitrogens with zero attached hydrogens (tertiary/aromatic N) is 2. The molecule has 6 heteroatoms. The number of nitrogens with one attached hydrogen (secondary N) is 1. The maximum atomic E-state index is 12.7. The number of hydrogen-bond donors (Lipinski definition) is 1. The predicted octanol–water partition coefficient (Wildman–Crippen LogP) is 2.93. The first-order valence-corrected chi connectivity index (χ1v) is 9.40. The minimum absolute atomic E-state index is 0.0451. The summed E-state index contributed by atoms with van der Waals surface area (Å²) in [5.74, 6) is -0.0451. The normalized spacial score (nSPS) is 24.2. The van der Waals surface area contributed by atoms with Crippen LogP contribution in [0.5, 0.6) is 0 Å². The Balaban J connectivity index is 1.72. The quantitative estimate of drug-likeness (QED) is 0.913. The van der Waals surface area contributed by atoms with E-state index in [4.69, 9.17) is 4.74 Å². The summed E-state index contributed by atoms with van der Waals surface area (Å²) in [6.45, 7) is 9.53. The molecule has 2 aliphatic rings. The molecule has 0 radical (unpaired) electrons. The molecular weight excluding hydrogens is 322 g/mol. The number of rotatable bonds is 3. The molecule has 0 aromatic carbocycles. The molecule has 1 amide bonds. The van der Waals surface area contributed by atoms with E-state index in [1.54, 1.807) is 11.3 Å². The zero-order valence-electron chi connectivity index (χ0n) is 14.8. The highest BCUT2D eigenvalue weighted by molar-refractivity contribution is 7.16. The number of aryl methyl sites for hydroxylation is 1. The standard InChI is InChI=1S/C18H25N3O2S/c1-11-9-21(10-18(3,4)23-11)12(2)16(22)20-17-14(8-19)13-6-5-7-15(13)24-17/h11-12H,5-7,9-10H2,1-4H3,(H,20,22). The van der Waals surface area contributed by atoms with E-state index in [9.17, 15) is 10.1 Å². The van der Waals surface area contributed by atoms with Gasteiger partial charge in [-0.25, -0.2) is 0 Å². The van der Waals surface area contributed by atoms with Crippen molar-refractivity contribution in [2.75, 3.05) is 18.4 Å². The summed E-state index contributed by atoms with van der Waals surface area (Å²) in [4.78, 5) is 16.2. The summed E-state index contributed by atoms with van der Waals surface area (Å²) >= 11 is 1.57. The monoisotopic (exact) mass is 347 g/mol. The first-order chi connectivity index (χ1) is 11.3. The minimum Gasteiger partial charge on any atom is -0.370 e. The lowest BCUT2D eigenvalue weighted by Gasteiger charge is -2.43. The van der Waals surface area contributed by atoms with Gasteiger partial charge in [0.25, 0.3) is 0 Å². The van der Waals surface area contributed by atoms with Crippen LogP contribution >= 0.6 is 11.3 Å². The molecule has 1 N–H and O–H groups in total. The number of thiophene rings is 1. The van der Waals surface area contributed by atoms with E-state index < -0.39 is 0 Å². The molecule has 0 spiro atoms. The van der Waals surface area contributed by atoms with Gasteiger partial charge in [-0.05, 0) is 52.5 Å². The number of fused-ring (bicyclic) bond motifs is 1. The Morgan fingerprint density at radius 3 is 2.92 bits per heavy atom. The fraction of sp³-hybridized carbons (Fsp3) is 0.667. The summed E-state index contributed by atoms with van der Waals surface area (Å²) in [6.07, 6.45) is 3.19. The van der Waals surface area contributed by atoms with Gasteiger partial charge in [-0.15, -0.1) is 11.3 Å². The van der Waals surface area contributed by atoms with Gasteiger partial charge in [0.1, 0.15) is 11.1 Å². The summed E-state index contributed by atoms with van der Waals surface area (Å²) < 4.78 is 5.92. The average molecular weight is 347 g/mol. The second kappa shape index (κ2) is 6.47. The van der Waals surface area contributed by atoms with E-state index in [1.807, 2.05) is 13.8 Å². The van der Waals surface area contributed by atoms with Crippen molar-refractivity contribution in [1.29, 1.82) is 5.26 Å². The number of nitriles is 1. The van der Waals surface area contributed by atoms with E-state index >= 15 is 0 Å². The topological polar surface area (TPSA) is 65.4 Å². The number of morpholine rings is 1. The molecule has 1 aliphatic carbocycles. The van der Waals surface area contributed by atoms with Crippen LogP contribution in [-0.4, -0.2) is 41.6 Å². The molecule has 1 aliphatic heterocycles. The molecule has 1 saturated heterocycles. The van der Waals surface area contributed by atoms with E-state index in [-0.39, 0.29) is 23.7 Å². The van der Waals surface area contributed by atoms with Crippen molar-refractivity contribution < 1.29 is 9.53 Å². The number of anilines is 1. The molecule has 5 nitrogen and oxygen atoms in total. The van der Waals surface area contributed by atoms with Crippen molar-refractivity contribution >= 4 is 22.2 Å². The third-order valence-corrected chi connectivity index (χ3v) is 6.00. The van der Waals surface area contributed by atoms with Gasteiger partial charge >= 0.3 is 0 Å². The second-order valence-corrected chi connectivity index (χ2v) is 8.56. The molecule has 1 fully saturated rings. The Hall–Kier alpha value is -1.42. The van der Waals surface area contributed by atoms with Crippen LogP contribution in [0, 0.1) is 11.3 Å². The van der Waals surface area contributed by atoms with Gasteiger partial charge in [0, 0.05) is 18.0 Å². The predicted molar refractivity (Wildman–Crippen MR) is 95.3 cm³/mol. The van der Waals surface area contributed by atoms with E-state index in [2.05, 4.69) is 30.1 Å². The smallest absolute Gasteiger partial charge is 0.242 e. The Labute approximate surface area is 147 Å². The fourth-order valence-electron chi connectivity index (χ4n) is 3.79. The van der Waals surface area contributed by atoms with Crippen molar-refractivity contribution in [2.45, 2.75) is 64.7 Å². The summed E-state index contributed by atoms with van der Waals surface area (Å²) in [5, 5.41) is 13.2. The molecule has 2 atom stereocenters. The second-order valence-electron chi connectivity index (χ2n) is 7.46. The maximum Gasteiger partial charge on any atom is 0.242 e. The average Bonchev–Trinajstić information content (AvgIpc) is 3.04. The van der Waals surface area contributed by atoms with E-state index in [0.717, 1.165) is 42.9 Å². The summed E-state index contributed by atoms with van der Waals surface area (Å²) in [5.41, 5.74) is 1.56. The Kier molecular flexibility index (Phi) is 4.69. The van der Waals surface area contributed by atoms with Gasteiger partial charge in [0.05, 0.1) is 23.3 Å². The molecule has 130 valence electrons. The van der Waals surface area contributed by atoms with E-state index in [0.29, 0.717) is 5.56 Å². The van der Waals surface area contributed by atoms with Crippen molar-refractivity contribution in [3.8, 4) is 6.07 Å². The lowest BCUT2D eigenvalue weighted by molar-refractivity contribution is -0.145. The Morgan fingerprint density at radius 1 is 1.50 bits per heavy atom. The first kappa shape index (κ1) is 17.4. The van der Waals surface area contributed by atoms with Crippen molar-refractivity contribution in [1.82, 2.24) is 4.90 Å². The third-order valence-electron chi connectivity index (χ3n) is 4.79. The highest BCUT2D eigenvalue weighted by atomic mass is 32.1. The number of ether oxygens (including phenoxy) is 1. The zero-order valence-corrected chi connectivity index (χ0v) is 15.6. The Morgan fingerprint density at radius 2 is 2.25 bits per heavy atom. The number of amides is 1. The maximum absolute atomic E-state index is 12.7. The number of carbonyl (C=O) groups excluding carboxylic acids is 1. The molecule has 0 bridgehead atoms. The van der Waals surface area contributed by atoms with Crippen LogP contribution in [0.2, 0.25) is 0 Å². The lowest BCUT2D eigenvalue weighted by Crippen LogP contribution is -2.56. The third kappa shape index (κ3) is 3.34. The van der Waals surface area contributed by atoms with Gasteiger partial charge in [-0.3, -0.25) is 9.69 Å². The molecule has 3 rings (SSSR count). The summed E-state index contributed by atoms with van der Waals surface area (Å²) in [6, 6.07) is 2.03. The largest absolute Gasteiger partial charge is 0.370 e. The Bertz CT molecular complexity index is 689. The number of carbonyl (C=O) groups is 1. The van der Waals surface area contributed by atoms with Crippen molar-refractivity contribution in [3.63, 3.8) is 0 Å². The molecule has 2 unspecified atom stereocenters. The van der Waals surface area contributed by atoms with Crippen LogP contribution in [0.25, 0.3) is 0 Å². The van der Waals surface area contributed by atoms with Crippen LogP contribution in [0.1, 0.15) is 50.1 Å². The molecule has 24 heavy (non-hydrogen) atoms. The van der Waals surface area contributed by atoms with Crippen LogP contribution < -0.4 is 5.32 Å². The van der Waals surface area contributed by atoms with Crippen LogP contribution in [0.3, 0.4) is 0 Å². The molecule has 2 heterocycles. The van der Waals surface area contributed by atoms with E-state index in [1.165, 1.54) is 4.88 Å². The van der Waals surface area contributed by atoms with Gasteiger partial charge in [0.2, 0.25) is 5.91 Å². The first-order valence-electron chi connectivity index (χ1n) is 8.58. The molecule has 1 aromatic heterocycles. The van der Waals surface area contributed by atoms with Gasteiger partial charge < -0.3 is 10.1 Å². The van der Waals surface area contributed by atoms with Crippen LogP contribution in [-0.2, 0) is 22.4 Å². The highest BCUT2D eigenvalue weighted by Gasteiger charge is 2.36.